The molecule has 0 bridgehead atoms. The molecule has 0 aromatic heterocycles. The van der Waals surface area contributed by atoms with Crippen molar-refractivity contribution in [1.29, 1.82) is 0 Å². The third kappa shape index (κ3) is 32.4. The van der Waals surface area contributed by atoms with Crippen LogP contribution in [0, 0.1) is 0 Å². The Morgan fingerprint density at radius 3 is 1.14 bits per heavy atom. The summed E-state index contributed by atoms with van der Waals surface area (Å²) in [5.41, 5.74) is 0.517. The normalized spacial score (nSPS) is 11.1. The van der Waals surface area contributed by atoms with Crippen LogP contribution in [0.25, 0.3) is 0 Å². The van der Waals surface area contributed by atoms with Gasteiger partial charge in [-0.05, 0) is 12.1 Å². The van der Waals surface area contributed by atoms with Gasteiger partial charge in [0.2, 0.25) is 5.91 Å². The van der Waals surface area contributed by atoms with E-state index in [1.54, 1.807) is 24.3 Å². The summed E-state index contributed by atoms with van der Waals surface area (Å²) in [7, 11) is 0. The lowest BCUT2D eigenvalue weighted by Crippen LogP contribution is -2.31. The molecule has 0 radical (unpaired) electrons. The van der Waals surface area contributed by atoms with Crippen LogP contribution >= 0.6 is 0 Å². The van der Waals surface area contributed by atoms with Crippen molar-refractivity contribution in [3.05, 3.63) is 35.9 Å². The molecule has 0 unspecified atom stereocenters. The average molecular weight is 722 g/mol. The van der Waals surface area contributed by atoms with E-state index in [0.717, 1.165) is 0 Å². The number of rotatable bonds is 38. The second-order valence-electron chi connectivity index (χ2n) is 9.86. The van der Waals surface area contributed by atoms with Crippen LogP contribution in [0.3, 0.4) is 0 Å². The quantitative estimate of drug-likeness (QED) is 0.0695. The number of benzene rings is 1. The SMILES string of the molecule is O=C(O)COCC(=O)NCCOCCOCCOCCOCCOCCOCCOCCOCCOCCOCCOC(=O)c1ccccc1. The molecule has 17 heteroatoms. The van der Waals surface area contributed by atoms with E-state index in [0.29, 0.717) is 144 Å². The van der Waals surface area contributed by atoms with E-state index in [9.17, 15) is 14.4 Å². The summed E-state index contributed by atoms with van der Waals surface area (Å²) in [4.78, 5) is 33.4. The van der Waals surface area contributed by atoms with Gasteiger partial charge in [0.15, 0.2) is 0 Å². The van der Waals surface area contributed by atoms with Crippen molar-refractivity contribution >= 4 is 17.8 Å². The number of carbonyl (C=O) groups is 3. The van der Waals surface area contributed by atoms with Crippen LogP contribution in [-0.4, -0.2) is 181 Å². The standard InChI is InChI=1S/C33H55NO16/c35-31(28-49-29-32(36)37)34-6-7-39-8-9-40-10-11-41-12-13-42-14-15-43-16-17-44-18-19-45-20-21-46-22-23-47-24-25-48-26-27-50-33(38)30-4-2-1-3-5-30/h1-5H,6-29H2,(H,34,35)(H,36,37). The lowest BCUT2D eigenvalue weighted by molar-refractivity contribution is -0.143. The summed E-state index contributed by atoms with van der Waals surface area (Å²) in [6.07, 6.45) is 0. The average Bonchev–Trinajstić information content (AvgIpc) is 3.11. The number of carbonyl (C=O) groups excluding carboxylic acids is 2. The monoisotopic (exact) mass is 721 g/mol. The minimum atomic E-state index is -1.13. The third-order valence-electron chi connectivity index (χ3n) is 5.85. The fraction of sp³-hybridized carbons (Fsp3) is 0.727. The molecule has 0 saturated heterocycles. The van der Waals surface area contributed by atoms with Crippen LogP contribution in [0.2, 0.25) is 0 Å². The van der Waals surface area contributed by atoms with Crippen LogP contribution in [-0.2, 0) is 66.4 Å². The first-order valence-electron chi connectivity index (χ1n) is 16.7. The van der Waals surface area contributed by atoms with E-state index in [4.69, 9.17) is 57.2 Å². The summed E-state index contributed by atoms with van der Waals surface area (Å²) in [6.45, 7) is 8.31. The molecule has 0 aliphatic heterocycles. The fourth-order valence-electron chi connectivity index (χ4n) is 3.48. The molecule has 0 spiro atoms. The molecule has 0 aliphatic rings. The highest BCUT2D eigenvalue weighted by atomic mass is 16.6. The molecule has 50 heavy (non-hydrogen) atoms. The summed E-state index contributed by atoms with van der Waals surface area (Å²) in [6, 6.07) is 8.81. The maximum Gasteiger partial charge on any atom is 0.338 e. The number of amides is 1. The summed E-state index contributed by atoms with van der Waals surface area (Å²) in [5.74, 6) is -1.89. The van der Waals surface area contributed by atoms with Crippen LogP contribution in [0.1, 0.15) is 10.4 Å². The summed E-state index contributed by atoms with van der Waals surface area (Å²) in [5, 5.41) is 11.0. The smallest absolute Gasteiger partial charge is 0.338 e. The van der Waals surface area contributed by atoms with E-state index in [-0.39, 0.29) is 19.2 Å². The van der Waals surface area contributed by atoms with E-state index < -0.39 is 18.5 Å². The van der Waals surface area contributed by atoms with Crippen molar-refractivity contribution in [1.82, 2.24) is 5.32 Å². The molecule has 1 aromatic rings. The number of nitrogens with one attached hydrogen (secondary N) is 1. The van der Waals surface area contributed by atoms with Gasteiger partial charge >= 0.3 is 11.9 Å². The predicted molar refractivity (Wildman–Crippen MR) is 176 cm³/mol. The van der Waals surface area contributed by atoms with Gasteiger partial charge in [-0.2, -0.15) is 0 Å². The van der Waals surface area contributed by atoms with Crippen LogP contribution in [0.4, 0.5) is 0 Å². The lowest BCUT2D eigenvalue weighted by Gasteiger charge is -2.09. The molecule has 0 aliphatic carbocycles. The maximum atomic E-state index is 11.8. The Labute approximate surface area is 293 Å². The van der Waals surface area contributed by atoms with Crippen LogP contribution in [0.15, 0.2) is 30.3 Å². The first-order chi connectivity index (χ1) is 24.6. The van der Waals surface area contributed by atoms with Crippen LogP contribution < -0.4 is 5.32 Å². The van der Waals surface area contributed by atoms with Gasteiger partial charge in [0.05, 0.1) is 138 Å². The van der Waals surface area contributed by atoms with Gasteiger partial charge in [-0.15, -0.1) is 0 Å². The Morgan fingerprint density at radius 2 is 0.780 bits per heavy atom. The lowest BCUT2D eigenvalue weighted by atomic mass is 10.2. The Bertz CT molecular complexity index is 926. The molecule has 0 heterocycles. The summed E-state index contributed by atoms with van der Waals surface area (Å²) < 4.78 is 64.0. The van der Waals surface area contributed by atoms with Gasteiger partial charge in [-0.1, -0.05) is 18.2 Å². The molecule has 0 atom stereocenters. The minimum absolute atomic E-state index is 0.191. The number of carboxylic acids is 1. The molecule has 1 rings (SSSR count). The zero-order chi connectivity index (χ0) is 36.0. The van der Waals surface area contributed by atoms with Gasteiger partial charge in [0.1, 0.15) is 19.8 Å². The highest BCUT2D eigenvalue weighted by molar-refractivity contribution is 5.89. The number of carboxylic acid groups (broad SMARTS) is 1. The largest absolute Gasteiger partial charge is 0.480 e. The van der Waals surface area contributed by atoms with Gasteiger partial charge in [0, 0.05) is 6.54 Å². The molecular formula is C33H55NO16. The van der Waals surface area contributed by atoms with E-state index >= 15 is 0 Å². The Morgan fingerprint density at radius 1 is 0.440 bits per heavy atom. The summed E-state index contributed by atoms with van der Waals surface area (Å²) >= 11 is 0. The first kappa shape index (κ1) is 45.2. The highest BCUT2D eigenvalue weighted by Crippen LogP contribution is 2.00. The Hall–Kier alpha value is -2.81. The van der Waals surface area contributed by atoms with Crippen LogP contribution in [0.5, 0.6) is 0 Å². The van der Waals surface area contributed by atoms with Crippen molar-refractivity contribution < 1.29 is 76.3 Å². The van der Waals surface area contributed by atoms with E-state index in [2.05, 4.69) is 10.1 Å². The Balaban J connectivity index is 1.64. The van der Waals surface area contributed by atoms with Crippen molar-refractivity contribution in [2.24, 2.45) is 0 Å². The van der Waals surface area contributed by atoms with Gasteiger partial charge in [0.25, 0.3) is 0 Å². The topological polar surface area (TPSA) is 194 Å². The number of esters is 1. The highest BCUT2D eigenvalue weighted by Gasteiger charge is 2.05. The Kier molecular flexibility index (Phi) is 32.5. The molecule has 1 amide bonds. The first-order valence-corrected chi connectivity index (χ1v) is 16.7. The number of ether oxygens (including phenoxy) is 12. The van der Waals surface area contributed by atoms with Crippen molar-refractivity contribution in [2.45, 2.75) is 0 Å². The molecule has 2 N–H and O–H groups in total. The minimum Gasteiger partial charge on any atom is -0.480 e. The zero-order valence-corrected chi connectivity index (χ0v) is 28.9. The second kappa shape index (κ2) is 36.0. The maximum absolute atomic E-state index is 11.8. The van der Waals surface area contributed by atoms with E-state index in [1.165, 1.54) is 0 Å². The van der Waals surface area contributed by atoms with Gasteiger partial charge in [-0.25, -0.2) is 9.59 Å². The molecule has 17 nitrogen and oxygen atoms in total. The number of hydrogen-bond acceptors (Lipinski definition) is 15. The predicted octanol–water partition coefficient (Wildman–Crippen LogP) is 0.227. The molecule has 0 fully saturated rings. The molecule has 288 valence electrons. The number of hydrogen-bond donors (Lipinski definition) is 2. The second-order valence-corrected chi connectivity index (χ2v) is 9.86. The molecular weight excluding hydrogens is 666 g/mol. The third-order valence-corrected chi connectivity index (χ3v) is 5.85. The van der Waals surface area contributed by atoms with E-state index in [1.807, 2.05) is 6.07 Å². The molecule has 0 saturated carbocycles. The van der Waals surface area contributed by atoms with Crippen molar-refractivity contribution in [3.63, 3.8) is 0 Å². The number of aliphatic carboxylic acids is 1. The molecule has 1 aromatic carbocycles. The van der Waals surface area contributed by atoms with Crippen molar-refractivity contribution in [2.75, 3.05) is 159 Å². The fourth-order valence-corrected chi connectivity index (χ4v) is 3.48. The zero-order valence-electron chi connectivity index (χ0n) is 28.9. The van der Waals surface area contributed by atoms with Gasteiger partial charge in [-0.3, -0.25) is 4.79 Å². The van der Waals surface area contributed by atoms with Gasteiger partial charge < -0.3 is 67.3 Å². The van der Waals surface area contributed by atoms with Crippen molar-refractivity contribution in [3.8, 4) is 0 Å².